The van der Waals surface area contributed by atoms with Gasteiger partial charge in [0.15, 0.2) is 5.60 Å². The Morgan fingerprint density at radius 3 is 1.90 bits per heavy atom. The fourth-order valence-corrected chi connectivity index (χ4v) is 0.325. The second-order valence-electron chi connectivity index (χ2n) is 2.03. The van der Waals surface area contributed by atoms with Crippen LogP contribution in [0.1, 0.15) is 6.92 Å². The van der Waals surface area contributed by atoms with Gasteiger partial charge in [0.2, 0.25) is 0 Å². The van der Waals surface area contributed by atoms with Gasteiger partial charge in [0.1, 0.15) is 0 Å². The number of aliphatic imine (C=N–C) groups is 1. The van der Waals surface area contributed by atoms with Crippen LogP contribution in [-0.2, 0) is 0 Å². The van der Waals surface area contributed by atoms with E-state index in [2.05, 4.69) is 4.99 Å². The minimum atomic E-state index is -4.65. The zero-order valence-electron chi connectivity index (χ0n) is 5.61. The Hall–Kier alpha value is -0.580. The highest BCUT2D eigenvalue weighted by Gasteiger charge is 2.48. The molecule has 0 aliphatic rings. The van der Waals surface area contributed by atoms with Gasteiger partial charge >= 0.3 is 6.18 Å². The summed E-state index contributed by atoms with van der Waals surface area (Å²) in [6.07, 6.45) is -4.19. The lowest BCUT2D eigenvalue weighted by Crippen LogP contribution is -2.43. The molecule has 10 heavy (non-hydrogen) atoms. The molecule has 1 atom stereocenters. The van der Waals surface area contributed by atoms with Gasteiger partial charge in [-0.05, 0) is 6.92 Å². The van der Waals surface area contributed by atoms with Crippen LogP contribution >= 0.6 is 0 Å². The maximum atomic E-state index is 11.7. The third-order valence-electron chi connectivity index (χ3n) is 0.954. The number of hydrogen-bond donors (Lipinski definition) is 1. The van der Waals surface area contributed by atoms with Gasteiger partial charge in [-0.2, -0.15) is 13.2 Å². The Labute approximate surface area is 56.4 Å². The van der Waals surface area contributed by atoms with Crippen molar-refractivity contribution in [1.82, 2.24) is 0 Å². The van der Waals surface area contributed by atoms with Crippen molar-refractivity contribution in [2.24, 2.45) is 4.99 Å². The lowest BCUT2D eigenvalue weighted by molar-refractivity contribution is -0.221. The molecule has 0 spiro atoms. The zero-order chi connectivity index (χ0) is 8.41. The summed E-state index contributed by atoms with van der Waals surface area (Å²) in [5.74, 6) is 0. The number of aliphatic hydroxyl groups is 1. The fourth-order valence-electron chi connectivity index (χ4n) is 0.325. The molecule has 0 amide bonds. The first-order chi connectivity index (χ1) is 4.31. The summed E-state index contributed by atoms with van der Waals surface area (Å²) in [7, 11) is 1.17. The van der Waals surface area contributed by atoms with Crippen molar-refractivity contribution in [2.45, 2.75) is 18.7 Å². The second-order valence-corrected chi connectivity index (χ2v) is 2.03. The molecule has 0 bridgehead atoms. The topological polar surface area (TPSA) is 32.6 Å². The molecule has 0 fully saturated rings. The van der Waals surface area contributed by atoms with Gasteiger partial charge < -0.3 is 5.11 Å². The van der Waals surface area contributed by atoms with Crippen LogP contribution in [0.25, 0.3) is 0 Å². The Bertz CT molecular complexity index is 138. The van der Waals surface area contributed by atoms with Crippen LogP contribution in [0, 0.1) is 0 Å². The summed E-state index contributed by atoms with van der Waals surface area (Å²) in [5, 5.41) is 8.58. The second kappa shape index (κ2) is 2.57. The summed E-state index contributed by atoms with van der Waals surface area (Å²) in [5.41, 5.74) is -2.80. The van der Waals surface area contributed by atoms with E-state index in [9.17, 15) is 13.2 Å². The van der Waals surface area contributed by atoms with Gasteiger partial charge in [0.05, 0.1) is 0 Å². The first-order valence-corrected chi connectivity index (χ1v) is 2.53. The summed E-state index contributed by atoms with van der Waals surface area (Å²) < 4.78 is 35.0. The van der Waals surface area contributed by atoms with Gasteiger partial charge in [-0.3, -0.25) is 4.99 Å². The molecular weight excluding hydrogens is 147 g/mol. The lowest BCUT2D eigenvalue weighted by Gasteiger charge is -2.20. The third kappa shape index (κ3) is 1.98. The molecule has 2 nitrogen and oxygen atoms in total. The van der Waals surface area contributed by atoms with E-state index in [4.69, 9.17) is 5.11 Å². The monoisotopic (exact) mass is 155 g/mol. The van der Waals surface area contributed by atoms with E-state index in [-0.39, 0.29) is 0 Å². The number of nitrogens with zero attached hydrogens (tertiary/aromatic N) is 1. The van der Waals surface area contributed by atoms with E-state index in [1.54, 1.807) is 0 Å². The van der Waals surface area contributed by atoms with Crippen LogP contribution in [0.4, 0.5) is 13.2 Å². The molecule has 0 aliphatic carbocycles. The van der Waals surface area contributed by atoms with Crippen molar-refractivity contribution >= 4 is 6.21 Å². The molecule has 60 valence electrons. The molecule has 1 unspecified atom stereocenters. The summed E-state index contributed by atoms with van der Waals surface area (Å²) in [4.78, 5) is 3.08. The molecule has 5 heteroatoms. The van der Waals surface area contributed by atoms with Crippen LogP contribution in [0.3, 0.4) is 0 Å². The molecule has 0 rings (SSSR count). The predicted octanol–water partition coefficient (Wildman–Crippen LogP) is 1.00. The Morgan fingerprint density at radius 2 is 1.80 bits per heavy atom. The van der Waals surface area contributed by atoms with Gasteiger partial charge in [-0.25, -0.2) is 0 Å². The molecule has 0 saturated carbocycles. The Morgan fingerprint density at radius 1 is 1.40 bits per heavy atom. The van der Waals surface area contributed by atoms with Crippen LogP contribution in [0.5, 0.6) is 0 Å². The maximum Gasteiger partial charge on any atom is 0.422 e. The quantitative estimate of drug-likeness (QED) is 0.563. The first kappa shape index (κ1) is 9.42. The fraction of sp³-hybridized carbons (Fsp3) is 0.800. The smallest absolute Gasteiger partial charge is 0.376 e. The zero-order valence-corrected chi connectivity index (χ0v) is 5.61. The van der Waals surface area contributed by atoms with Gasteiger partial charge in [-0.15, -0.1) is 0 Å². The highest BCUT2D eigenvalue weighted by atomic mass is 19.4. The molecule has 0 aromatic carbocycles. The van der Waals surface area contributed by atoms with Crippen molar-refractivity contribution in [3.63, 3.8) is 0 Å². The van der Waals surface area contributed by atoms with Crippen molar-refractivity contribution in [3.8, 4) is 0 Å². The van der Waals surface area contributed by atoms with E-state index >= 15 is 0 Å². The average Bonchev–Trinajstić information content (AvgIpc) is 1.61. The molecule has 0 aromatic rings. The average molecular weight is 155 g/mol. The third-order valence-corrected chi connectivity index (χ3v) is 0.954. The number of alkyl halides is 3. The molecule has 0 saturated heterocycles. The predicted molar refractivity (Wildman–Crippen MR) is 31.1 cm³/mol. The van der Waals surface area contributed by atoms with Crippen molar-refractivity contribution in [1.29, 1.82) is 0 Å². The van der Waals surface area contributed by atoms with Crippen LogP contribution in [0.2, 0.25) is 0 Å². The first-order valence-electron chi connectivity index (χ1n) is 2.53. The van der Waals surface area contributed by atoms with Crippen LogP contribution in [0.15, 0.2) is 4.99 Å². The van der Waals surface area contributed by atoms with E-state index in [1.165, 1.54) is 7.05 Å². The van der Waals surface area contributed by atoms with Gasteiger partial charge in [0, 0.05) is 13.3 Å². The van der Waals surface area contributed by atoms with Crippen molar-refractivity contribution in [3.05, 3.63) is 0 Å². The Kier molecular flexibility index (Phi) is 2.42. The summed E-state index contributed by atoms with van der Waals surface area (Å²) in [6.45, 7) is 0.639. The summed E-state index contributed by atoms with van der Waals surface area (Å²) in [6, 6.07) is 0. The molecular formula is C5H8F3NO. The van der Waals surface area contributed by atoms with Crippen LogP contribution < -0.4 is 0 Å². The normalized spacial score (nSPS) is 19.4. The highest BCUT2D eigenvalue weighted by molar-refractivity contribution is 5.68. The summed E-state index contributed by atoms with van der Waals surface area (Å²) >= 11 is 0. The highest BCUT2D eigenvalue weighted by Crippen LogP contribution is 2.27. The molecule has 1 N–H and O–H groups in total. The largest absolute Gasteiger partial charge is 0.422 e. The van der Waals surface area contributed by atoms with Gasteiger partial charge in [-0.1, -0.05) is 0 Å². The van der Waals surface area contributed by atoms with E-state index in [1.807, 2.05) is 0 Å². The molecule has 0 radical (unpaired) electrons. The maximum absolute atomic E-state index is 11.7. The standard InChI is InChI=1S/C5H8F3NO/c1-4(10,3-9-2)5(6,7)8/h3,10H,1-2H3/b9-3+. The molecule has 0 aliphatic heterocycles. The van der Waals surface area contributed by atoms with Gasteiger partial charge in [0.25, 0.3) is 0 Å². The van der Waals surface area contributed by atoms with Crippen LogP contribution in [-0.4, -0.2) is 30.1 Å². The number of rotatable bonds is 1. The lowest BCUT2D eigenvalue weighted by atomic mass is 10.1. The molecule has 0 heterocycles. The van der Waals surface area contributed by atoms with Crippen molar-refractivity contribution < 1.29 is 18.3 Å². The minimum Gasteiger partial charge on any atom is -0.376 e. The minimum absolute atomic E-state index is 0.451. The van der Waals surface area contributed by atoms with E-state index in [0.717, 1.165) is 0 Å². The Balaban J connectivity index is 4.40. The number of halogens is 3. The molecule has 0 aromatic heterocycles. The van der Waals surface area contributed by atoms with Crippen molar-refractivity contribution in [2.75, 3.05) is 7.05 Å². The van der Waals surface area contributed by atoms with E-state index < -0.39 is 11.8 Å². The van der Waals surface area contributed by atoms with E-state index in [0.29, 0.717) is 13.1 Å². The SMILES string of the molecule is C/N=C/C(C)(O)C(F)(F)F. The number of hydrogen-bond acceptors (Lipinski definition) is 2.